The summed E-state index contributed by atoms with van der Waals surface area (Å²) in [5.74, 6) is -1.46. The number of carbonyl (C=O) groups excluding carboxylic acids is 1. The summed E-state index contributed by atoms with van der Waals surface area (Å²) in [4.78, 5) is 27.2. The fraction of sp³-hybridized carbons (Fsp3) is 0.172. The molecule has 34 heavy (non-hydrogen) atoms. The van der Waals surface area contributed by atoms with Crippen molar-refractivity contribution in [3.05, 3.63) is 125 Å². The average molecular weight is 451 g/mol. The molecule has 5 nitrogen and oxygen atoms in total. The van der Waals surface area contributed by atoms with E-state index in [1.54, 1.807) is 12.1 Å². The van der Waals surface area contributed by atoms with Gasteiger partial charge in [0.25, 0.3) is 0 Å². The Kier molecular flexibility index (Phi) is 6.00. The lowest BCUT2D eigenvalue weighted by Gasteiger charge is -2.26. The molecular formula is C29H26N2O3. The Balaban J connectivity index is 1.45. The van der Waals surface area contributed by atoms with Gasteiger partial charge in [-0.2, -0.15) is 0 Å². The molecule has 1 aliphatic rings. The predicted octanol–water partition coefficient (Wildman–Crippen LogP) is 5.50. The Bertz CT molecular complexity index is 1270. The van der Waals surface area contributed by atoms with Gasteiger partial charge in [-0.05, 0) is 41.8 Å². The third-order valence-corrected chi connectivity index (χ3v) is 6.45. The Morgan fingerprint density at radius 3 is 2.09 bits per heavy atom. The first-order chi connectivity index (χ1) is 16.6. The molecule has 5 rings (SSSR count). The van der Waals surface area contributed by atoms with E-state index in [4.69, 9.17) is 0 Å². The number of nitrogens with zero attached hydrogens (tertiary/aromatic N) is 2. The molecule has 1 atom stereocenters. The van der Waals surface area contributed by atoms with Gasteiger partial charge >= 0.3 is 5.97 Å². The van der Waals surface area contributed by atoms with Crippen molar-refractivity contribution in [1.29, 1.82) is 0 Å². The number of fused-ring (bicyclic) bond motifs is 1. The van der Waals surface area contributed by atoms with Crippen LogP contribution >= 0.6 is 0 Å². The van der Waals surface area contributed by atoms with E-state index in [1.807, 2.05) is 65.2 Å². The summed E-state index contributed by atoms with van der Waals surface area (Å²) in [7, 11) is 0. The number of carboxylic acids is 1. The number of rotatable bonds is 8. The van der Waals surface area contributed by atoms with Crippen LogP contribution in [0.2, 0.25) is 0 Å². The van der Waals surface area contributed by atoms with E-state index in [0.717, 1.165) is 5.69 Å². The molecule has 2 heterocycles. The van der Waals surface area contributed by atoms with E-state index in [0.29, 0.717) is 43.0 Å². The van der Waals surface area contributed by atoms with Crippen molar-refractivity contribution < 1.29 is 14.7 Å². The fourth-order valence-electron chi connectivity index (χ4n) is 4.73. The zero-order valence-electron chi connectivity index (χ0n) is 18.8. The third kappa shape index (κ3) is 4.37. The number of aliphatic carboxylic acids is 1. The van der Waals surface area contributed by atoms with Gasteiger partial charge in [0.1, 0.15) is 0 Å². The number of hydrogen-bond acceptors (Lipinski definition) is 3. The maximum absolute atomic E-state index is 13.4. The van der Waals surface area contributed by atoms with E-state index in [2.05, 4.69) is 29.2 Å². The summed E-state index contributed by atoms with van der Waals surface area (Å²) < 4.78 is 1.86. The molecule has 0 saturated carbocycles. The molecule has 0 spiro atoms. The zero-order valence-corrected chi connectivity index (χ0v) is 18.8. The van der Waals surface area contributed by atoms with Crippen molar-refractivity contribution in [2.75, 3.05) is 4.90 Å². The molecule has 0 aliphatic carbocycles. The van der Waals surface area contributed by atoms with E-state index < -0.39 is 11.9 Å². The van der Waals surface area contributed by atoms with Gasteiger partial charge in [0.2, 0.25) is 5.78 Å². The van der Waals surface area contributed by atoms with Crippen LogP contribution in [0.4, 0.5) is 5.69 Å². The normalized spacial score (nSPS) is 14.5. The number of hydrogen-bond donors (Lipinski definition) is 1. The summed E-state index contributed by atoms with van der Waals surface area (Å²) in [5, 5.41) is 9.46. The van der Waals surface area contributed by atoms with Gasteiger partial charge in [-0.1, -0.05) is 72.8 Å². The lowest BCUT2D eigenvalue weighted by molar-refractivity contribution is -0.138. The summed E-state index contributed by atoms with van der Waals surface area (Å²) in [5.41, 5.74) is 5.22. The maximum Gasteiger partial charge on any atom is 0.312 e. The van der Waals surface area contributed by atoms with Crippen LogP contribution in [-0.4, -0.2) is 21.4 Å². The zero-order chi connectivity index (χ0) is 23.5. The quantitative estimate of drug-likeness (QED) is 0.360. The van der Waals surface area contributed by atoms with E-state index in [1.165, 1.54) is 11.1 Å². The molecule has 5 heteroatoms. The molecule has 0 amide bonds. The Labute approximate surface area is 198 Å². The van der Waals surface area contributed by atoms with Crippen LogP contribution in [-0.2, 0) is 24.4 Å². The highest BCUT2D eigenvalue weighted by Gasteiger charge is 2.31. The van der Waals surface area contributed by atoms with Crippen molar-refractivity contribution in [3.63, 3.8) is 0 Å². The second-order valence-corrected chi connectivity index (χ2v) is 8.68. The molecule has 170 valence electrons. The average Bonchev–Trinajstić information content (AvgIpc) is 3.47. The molecule has 4 aromatic rings. The molecule has 1 N–H and O–H groups in total. The van der Waals surface area contributed by atoms with E-state index >= 15 is 0 Å². The Morgan fingerprint density at radius 2 is 1.47 bits per heavy atom. The minimum absolute atomic E-state index is 0.0847. The van der Waals surface area contributed by atoms with Crippen molar-refractivity contribution in [2.24, 2.45) is 0 Å². The first-order valence-electron chi connectivity index (χ1n) is 11.5. The van der Waals surface area contributed by atoms with Crippen LogP contribution in [0.5, 0.6) is 0 Å². The fourth-order valence-corrected chi connectivity index (χ4v) is 4.73. The van der Waals surface area contributed by atoms with E-state index in [9.17, 15) is 14.7 Å². The number of anilines is 1. The summed E-state index contributed by atoms with van der Waals surface area (Å²) in [6, 6.07) is 31.8. The van der Waals surface area contributed by atoms with Gasteiger partial charge in [0.05, 0.1) is 11.6 Å². The maximum atomic E-state index is 13.4. The smallest absolute Gasteiger partial charge is 0.312 e. The molecule has 1 aromatic heterocycles. The molecule has 0 fully saturated rings. The molecule has 0 bridgehead atoms. The highest BCUT2D eigenvalue weighted by atomic mass is 16.4. The number of ketones is 1. The topological polar surface area (TPSA) is 62.5 Å². The van der Waals surface area contributed by atoms with Crippen LogP contribution < -0.4 is 4.90 Å². The van der Waals surface area contributed by atoms with Gasteiger partial charge in [-0.3, -0.25) is 9.59 Å². The minimum atomic E-state index is -0.838. The van der Waals surface area contributed by atoms with Crippen LogP contribution in [0.25, 0.3) is 0 Å². The van der Waals surface area contributed by atoms with Gasteiger partial charge in [-0.15, -0.1) is 0 Å². The lowest BCUT2D eigenvalue weighted by Crippen LogP contribution is -2.22. The summed E-state index contributed by atoms with van der Waals surface area (Å²) in [6.45, 7) is 1.98. The highest BCUT2D eigenvalue weighted by molar-refractivity contribution is 6.08. The second-order valence-electron chi connectivity index (χ2n) is 8.68. The Hall–Kier alpha value is -4.12. The first kappa shape index (κ1) is 21.7. The molecule has 3 aromatic carbocycles. The van der Waals surface area contributed by atoms with Crippen molar-refractivity contribution >= 4 is 17.4 Å². The van der Waals surface area contributed by atoms with Gasteiger partial charge in [0.15, 0.2) is 0 Å². The third-order valence-electron chi connectivity index (χ3n) is 6.45. The van der Waals surface area contributed by atoms with Gasteiger partial charge in [-0.25, -0.2) is 0 Å². The largest absolute Gasteiger partial charge is 0.481 e. The van der Waals surface area contributed by atoms with Gasteiger partial charge < -0.3 is 14.6 Å². The molecule has 0 radical (unpaired) electrons. The van der Waals surface area contributed by atoms with E-state index in [-0.39, 0.29) is 5.78 Å². The van der Waals surface area contributed by atoms with Crippen LogP contribution in [0.1, 0.15) is 45.2 Å². The summed E-state index contributed by atoms with van der Waals surface area (Å²) in [6.07, 6.45) is 0.522. The number of carbonyl (C=O) groups is 2. The Morgan fingerprint density at radius 1 is 0.824 bits per heavy atom. The number of aromatic nitrogens is 1. The van der Waals surface area contributed by atoms with Crippen LogP contribution in [0, 0.1) is 0 Å². The molecular weight excluding hydrogens is 424 g/mol. The number of benzene rings is 3. The van der Waals surface area contributed by atoms with Crippen LogP contribution in [0.15, 0.2) is 97.1 Å². The molecule has 0 saturated heterocycles. The van der Waals surface area contributed by atoms with Crippen LogP contribution in [0.3, 0.4) is 0 Å². The first-order valence-corrected chi connectivity index (χ1v) is 11.5. The van der Waals surface area contributed by atoms with Crippen molar-refractivity contribution in [2.45, 2.75) is 32.0 Å². The monoisotopic (exact) mass is 450 g/mol. The lowest BCUT2D eigenvalue weighted by atomic mass is 10.0. The second kappa shape index (κ2) is 9.40. The number of carboxylic acid groups (broad SMARTS) is 1. The van der Waals surface area contributed by atoms with Crippen molar-refractivity contribution in [1.82, 2.24) is 4.57 Å². The summed E-state index contributed by atoms with van der Waals surface area (Å²) >= 11 is 0. The minimum Gasteiger partial charge on any atom is -0.481 e. The van der Waals surface area contributed by atoms with Crippen molar-refractivity contribution in [3.8, 4) is 0 Å². The molecule has 1 aliphatic heterocycles. The SMILES string of the molecule is O=C(c1cccc(N(Cc2ccccc2)Cc2ccccc2)c1)c1ccc2n1CCC2C(=O)O. The standard InChI is InChI=1S/C29H26N2O3/c32-28(27-15-14-26-25(29(33)34)16-17-31(26)27)23-12-7-13-24(18-23)30(19-21-8-3-1-4-9-21)20-22-10-5-2-6-11-22/h1-15,18,25H,16-17,19-20H2,(H,33,34). The predicted molar refractivity (Wildman–Crippen MR) is 132 cm³/mol. The highest BCUT2D eigenvalue weighted by Crippen LogP contribution is 2.32. The van der Waals surface area contributed by atoms with Gasteiger partial charge in [0, 0.05) is 36.6 Å². The molecule has 1 unspecified atom stereocenters.